The number of likely N-dealkylation sites (tertiary alicyclic amines) is 1. The molecule has 0 radical (unpaired) electrons. The quantitative estimate of drug-likeness (QED) is 0.826. The number of aryl methyl sites for hydroxylation is 1. The lowest BCUT2D eigenvalue weighted by molar-refractivity contribution is 0.0668. The topological polar surface area (TPSA) is 68.5 Å². The van der Waals surface area contributed by atoms with Crippen molar-refractivity contribution in [1.82, 2.24) is 15.0 Å². The molecule has 3 heterocycles. The highest BCUT2D eigenvalue weighted by Gasteiger charge is 2.27. The number of ether oxygens (including phenoxy) is 1. The highest BCUT2D eigenvalue weighted by Crippen LogP contribution is 2.26. The second-order valence-electron chi connectivity index (χ2n) is 7.77. The predicted octanol–water partition coefficient (Wildman–Crippen LogP) is 3.37. The van der Waals surface area contributed by atoms with Gasteiger partial charge in [0.2, 0.25) is 5.89 Å². The lowest BCUT2D eigenvalue weighted by atomic mass is 9.94. The molecule has 0 bridgehead atoms. The van der Waals surface area contributed by atoms with E-state index in [9.17, 15) is 4.79 Å². The third-order valence-electron chi connectivity index (χ3n) is 5.60. The summed E-state index contributed by atoms with van der Waals surface area (Å²) in [4.78, 5) is 19.4. The van der Waals surface area contributed by atoms with Gasteiger partial charge in [0.25, 0.3) is 5.91 Å². The molecule has 0 aliphatic carbocycles. The maximum atomic E-state index is 12.8. The van der Waals surface area contributed by atoms with Gasteiger partial charge in [0.05, 0.1) is 0 Å². The van der Waals surface area contributed by atoms with Crippen LogP contribution in [0.15, 0.2) is 28.8 Å². The van der Waals surface area contributed by atoms with Crippen LogP contribution in [0, 0.1) is 12.8 Å². The minimum absolute atomic E-state index is 0.122. The van der Waals surface area contributed by atoms with Crippen molar-refractivity contribution in [3.05, 3.63) is 47.1 Å². The summed E-state index contributed by atoms with van der Waals surface area (Å²) in [5, 5.41) is 4.19. The highest BCUT2D eigenvalue weighted by atomic mass is 16.5. The third kappa shape index (κ3) is 4.38. The summed E-state index contributed by atoms with van der Waals surface area (Å²) in [6, 6.07) is 7.82. The van der Waals surface area contributed by atoms with Crippen LogP contribution >= 0.6 is 0 Å². The molecule has 4 rings (SSSR count). The van der Waals surface area contributed by atoms with Gasteiger partial charge in [-0.25, -0.2) is 0 Å². The Labute approximate surface area is 159 Å². The van der Waals surface area contributed by atoms with E-state index in [1.54, 1.807) is 0 Å². The van der Waals surface area contributed by atoms with Crippen molar-refractivity contribution in [1.29, 1.82) is 0 Å². The Balaban J connectivity index is 1.37. The Hall–Kier alpha value is -2.21. The molecule has 1 aromatic heterocycles. The molecular weight excluding hydrogens is 342 g/mol. The normalized spacial score (nSPS) is 21.4. The number of benzene rings is 1. The monoisotopic (exact) mass is 369 g/mol. The maximum Gasteiger partial charge on any atom is 0.253 e. The largest absolute Gasteiger partial charge is 0.381 e. The molecule has 2 aliphatic rings. The molecule has 6 nitrogen and oxygen atoms in total. The first-order chi connectivity index (χ1) is 13.2. The molecule has 1 aromatic carbocycles. The summed E-state index contributed by atoms with van der Waals surface area (Å²) in [7, 11) is 0. The molecule has 0 spiro atoms. The number of amides is 1. The Morgan fingerprint density at radius 1 is 1.26 bits per heavy atom. The van der Waals surface area contributed by atoms with Crippen LogP contribution in [-0.2, 0) is 11.2 Å². The summed E-state index contributed by atoms with van der Waals surface area (Å²) in [6.07, 6.45) is 4.77. The van der Waals surface area contributed by atoms with Crippen LogP contribution in [0.4, 0.5) is 0 Å². The van der Waals surface area contributed by atoms with Crippen LogP contribution in [0.5, 0.6) is 0 Å². The molecule has 6 heteroatoms. The molecule has 144 valence electrons. The summed E-state index contributed by atoms with van der Waals surface area (Å²) in [5.41, 5.74) is 1.89. The predicted molar refractivity (Wildman–Crippen MR) is 101 cm³/mol. The smallest absolute Gasteiger partial charge is 0.253 e. The molecule has 1 amide bonds. The number of nitrogens with zero attached hydrogens (tertiary/aromatic N) is 3. The SMILES string of the molecule is Cc1cccc(C(=O)N2CCCC(Cc3nc(C4CCOCC4)no3)C2)c1. The molecule has 27 heavy (non-hydrogen) atoms. The zero-order chi connectivity index (χ0) is 18.6. The standard InChI is InChI=1S/C21H27N3O3/c1-15-4-2-6-18(12-15)21(25)24-9-3-5-16(14-24)13-19-22-20(23-27-19)17-7-10-26-11-8-17/h2,4,6,12,16-17H,3,5,7-11,13-14H2,1H3. The maximum absolute atomic E-state index is 12.8. The number of piperidine rings is 1. The number of hydrogen-bond acceptors (Lipinski definition) is 5. The Bertz CT molecular complexity index is 782. The van der Waals surface area contributed by atoms with E-state index in [4.69, 9.17) is 9.26 Å². The van der Waals surface area contributed by atoms with E-state index in [-0.39, 0.29) is 5.91 Å². The minimum Gasteiger partial charge on any atom is -0.381 e. The van der Waals surface area contributed by atoms with E-state index in [1.807, 2.05) is 36.1 Å². The van der Waals surface area contributed by atoms with Crippen molar-refractivity contribution in [2.24, 2.45) is 5.92 Å². The third-order valence-corrected chi connectivity index (χ3v) is 5.60. The average Bonchev–Trinajstić information content (AvgIpc) is 3.17. The summed E-state index contributed by atoms with van der Waals surface area (Å²) >= 11 is 0. The molecule has 1 atom stereocenters. The van der Waals surface area contributed by atoms with Gasteiger partial charge in [-0.3, -0.25) is 4.79 Å². The lowest BCUT2D eigenvalue weighted by Gasteiger charge is -2.32. The van der Waals surface area contributed by atoms with Crippen molar-refractivity contribution >= 4 is 5.91 Å². The number of aromatic nitrogens is 2. The zero-order valence-corrected chi connectivity index (χ0v) is 15.9. The van der Waals surface area contributed by atoms with Crippen molar-refractivity contribution in [2.75, 3.05) is 26.3 Å². The molecular formula is C21H27N3O3. The lowest BCUT2D eigenvalue weighted by Crippen LogP contribution is -2.40. The number of carbonyl (C=O) groups is 1. The fraction of sp³-hybridized carbons (Fsp3) is 0.571. The van der Waals surface area contributed by atoms with Crippen molar-refractivity contribution in [3.8, 4) is 0 Å². The minimum atomic E-state index is 0.122. The Morgan fingerprint density at radius 3 is 2.93 bits per heavy atom. The van der Waals surface area contributed by atoms with E-state index in [0.717, 1.165) is 75.4 Å². The molecule has 2 fully saturated rings. The van der Waals surface area contributed by atoms with E-state index in [1.165, 1.54) is 0 Å². The fourth-order valence-corrected chi connectivity index (χ4v) is 4.10. The fourth-order valence-electron chi connectivity index (χ4n) is 4.10. The van der Waals surface area contributed by atoms with Crippen LogP contribution in [0.2, 0.25) is 0 Å². The van der Waals surface area contributed by atoms with Gasteiger partial charge < -0.3 is 14.2 Å². The van der Waals surface area contributed by atoms with Gasteiger partial charge in [-0.15, -0.1) is 0 Å². The van der Waals surface area contributed by atoms with E-state index < -0.39 is 0 Å². The molecule has 1 unspecified atom stereocenters. The average molecular weight is 369 g/mol. The summed E-state index contributed by atoms with van der Waals surface area (Å²) in [6.45, 7) is 5.13. The van der Waals surface area contributed by atoms with Crippen LogP contribution in [0.1, 0.15) is 59.2 Å². The van der Waals surface area contributed by atoms with Gasteiger partial charge in [0.1, 0.15) is 0 Å². The Morgan fingerprint density at radius 2 is 2.11 bits per heavy atom. The Kier molecular flexibility index (Phi) is 5.53. The van der Waals surface area contributed by atoms with Gasteiger partial charge in [-0.2, -0.15) is 4.98 Å². The first-order valence-electron chi connectivity index (χ1n) is 9.95. The van der Waals surface area contributed by atoms with Crippen molar-refractivity contribution in [3.63, 3.8) is 0 Å². The number of rotatable bonds is 4. The molecule has 2 aromatic rings. The van der Waals surface area contributed by atoms with Crippen molar-refractivity contribution < 1.29 is 14.1 Å². The van der Waals surface area contributed by atoms with Gasteiger partial charge in [-0.05, 0) is 50.7 Å². The van der Waals surface area contributed by atoms with E-state index >= 15 is 0 Å². The first-order valence-corrected chi connectivity index (χ1v) is 9.95. The number of hydrogen-bond donors (Lipinski definition) is 0. The summed E-state index contributed by atoms with van der Waals surface area (Å²) < 4.78 is 10.9. The zero-order valence-electron chi connectivity index (χ0n) is 15.9. The van der Waals surface area contributed by atoms with Crippen LogP contribution in [-0.4, -0.2) is 47.3 Å². The van der Waals surface area contributed by atoms with Crippen LogP contribution in [0.3, 0.4) is 0 Å². The van der Waals surface area contributed by atoms with Gasteiger partial charge in [-0.1, -0.05) is 22.9 Å². The second-order valence-corrected chi connectivity index (χ2v) is 7.77. The number of carbonyl (C=O) groups excluding carboxylic acids is 1. The second kappa shape index (κ2) is 8.21. The molecule has 2 saturated heterocycles. The first kappa shape index (κ1) is 18.2. The summed E-state index contributed by atoms with van der Waals surface area (Å²) in [5.74, 6) is 2.36. The van der Waals surface area contributed by atoms with Crippen LogP contribution in [0.25, 0.3) is 0 Å². The van der Waals surface area contributed by atoms with Gasteiger partial charge in [0, 0.05) is 44.2 Å². The van der Waals surface area contributed by atoms with Gasteiger partial charge in [0.15, 0.2) is 5.82 Å². The molecule has 0 N–H and O–H groups in total. The van der Waals surface area contributed by atoms with E-state index in [0.29, 0.717) is 17.7 Å². The highest BCUT2D eigenvalue weighted by molar-refractivity contribution is 5.94. The van der Waals surface area contributed by atoms with Gasteiger partial charge >= 0.3 is 0 Å². The molecule has 0 saturated carbocycles. The van der Waals surface area contributed by atoms with Crippen molar-refractivity contribution in [2.45, 2.75) is 44.9 Å². The van der Waals surface area contributed by atoms with E-state index in [2.05, 4.69) is 10.1 Å². The van der Waals surface area contributed by atoms with Crippen LogP contribution < -0.4 is 0 Å². The molecule has 2 aliphatic heterocycles.